The average molecular weight is 343 g/mol. The zero-order chi connectivity index (χ0) is 14.0. The molecule has 1 heterocycles. The quantitative estimate of drug-likeness (QED) is 0.824. The van der Waals surface area contributed by atoms with Crippen molar-refractivity contribution in [3.05, 3.63) is 27.1 Å². The molecular formula is C12H11BrN2O3S. The predicted octanol–water partition coefficient (Wildman–Crippen LogP) is 2.48. The minimum atomic E-state index is -0.361. The van der Waals surface area contributed by atoms with Crippen LogP contribution in [0.3, 0.4) is 0 Å². The summed E-state index contributed by atoms with van der Waals surface area (Å²) in [6.45, 7) is 2.26. The largest absolute Gasteiger partial charge is 0.504 e. The van der Waals surface area contributed by atoms with E-state index in [4.69, 9.17) is 10.5 Å². The molecule has 2 rings (SSSR count). The molecule has 0 aliphatic carbocycles. The van der Waals surface area contributed by atoms with E-state index in [2.05, 4.69) is 20.9 Å². The number of aromatic hydroxyl groups is 1. The summed E-state index contributed by atoms with van der Waals surface area (Å²) in [5.74, 6) is 0.0411. The maximum atomic E-state index is 11.5. The Labute approximate surface area is 122 Å². The van der Waals surface area contributed by atoms with Crippen LogP contribution in [0.25, 0.3) is 6.08 Å². The first-order valence-electron chi connectivity index (χ1n) is 5.44. The van der Waals surface area contributed by atoms with Crippen LogP contribution in [0.4, 0.5) is 0 Å². The number of hydrogen-bond donors (Lipinski definition) is 2. The maximum Gasteiger partial charge on any atom is 0.286 e. The molecule has 7 heteroatoms. The number of phenolic OH excluding ortho intramolecular Hbond substituents is 1. The molecule has 0 atom stereocenters. The lowest BCUT2D eigenvalue weighted by Crippen LogP contribution is -2.01. The molecule has 0 radical (unpaired) electrons. The summed E-state index contributed by atoms with van der Waals surface area (Å²) in [5, 5.41) is 9.94. The van der Waals surface area contributed by atoms with Gasteiger partial charge < -0.3 is 15.6 Å². The van der Waals surface area contributed by atoms with Crippen molar-refractivity contribution in [1.82, 2.24) is 0 Å². The third-order valence-corrected chi connectivity index (χ3v) is 3.80. The zero-order valence-corrected chi connectivity index (χ0v) is 12.4. The van der Waals surface area contributed by atoms with Crippen LogP contribution in [-0.2, 0) is 4.79 Å². The molecule has 100 valence electrons. The van der Waals surface area contributed by atoms with Gasteiger partial charge in [-0.25, -0.2) is 0 Å². The van der Waals surface area contributed by atoms with Gasteiger partial charge in [-0.05, 0) is 42.5 Å². The molecule has 1 amide bonds. The van der Waals surface area contributed by atoms with Crippen LogP contribution in [0.1, 0.15) is 12.5 Å². The van der Waals surface area contributed by atoms with E-state index in [1.54, 1.807) is 12.1 Å². The fraction of sp³-hybridized carbons (Fsp3) is 0.167. The summed E-state index contributed by atoms with van der Waals surface area (Å²) in [4.78, 5) is 15.6. The fourth-order valence-electron chi connectivity index (χ4n) is 1.51. The van der Waals surface area contributed by atoms with Gasteiger partial charge in [0.15, 0.2) is 16.7 Å². The van der Waals surface area contributed by atoms with Crippen molar-refractivity contribution in [2.75, 3.05) is 6.61 Å². The average Bonchev–Trinajstić information content (AvgIpc) is 2.64. The second-order valence-electron chi connectivity index (χ2n) is 3.64. The highest BCUT2D eigenvalue weighted by atomic mass is 79.9. The number of amides is 1. The predicted molar refractivity (Wildman–Crippen MR) is 79.2 cm³/mol. The standard InChI is InChI=1S/C12H11BrN2O3S/c1-2-18-9-3-6(7(13)5-8(9)16)4-10-11(17)15-12(14)19-10/h3-5,16H,2H2,1H3,(H2,14,15,17)/b10-4-. The van der Waals surface area contributed by atoms with E-state index in [0.717, 1.165) is 11.8 Å². The molecule has 0 spiro atoms. The van der Waals surface area contributed by atoms with Crippen molar-refractivity contribution in [3.8, 4) is 11.5 Å². The van der Waals surface area contributed by atoms with Crippen molar-refractivity contribution in [1.29, 1.82) is 0 Å². The third kappa shape index (κ3) is 3.10. The fourth-order valence-corrected chi connectivity index (χ4v) is 2.63. The number of rotatable bonds is 3. The molecule has 0 aromatic heterocycles. The molecule has 0 fully saturated rings. The molecule has 0 unspecified atom stereocenters. The number of carbonyl (C=O) groups is 1. The summed E-state index contributed by atoms with van der Waals surface area (Å²) >= 11 is 4.44. The van der Waals surface area contributed by atoms with Crippen molar-refractivity contribution in [3.63, 3.8) is 0 Å². The maximum absolute atomic E-state index is 11.5. The van der Waals surface area contributed by atoms with Crippen LogP contribution >= 0.6 is 27.7 Å². The Balaban J connectivity index is 2.38. The lowest BCUT2D eigenvalue weighted by atomic mass is 10.2. The Morgan fingerprint density at radius 3 is 2.89 bits per heavy atom. The first-order valence-corrected chi connectivity index (χ1v) is 7.05. The summed E-state index contributed by atoms with van der Waals surface area (Å²) in [7, 11) is 0. The number of phenols is 1. The Hall–Kier alpha value is -1.47. The van der Waals surface area contributed by atoms with E-state index >= 15 is 0 Å². The Bertz CT molecular complexity index is 599. The van der Waals surface area contributed by atoms with E-state index in [0.29, 0.717) is 27.3 Å². The van der Waals surface area contributed by atoms with Gasteiger partial charge in [0.25, 0.3) is 5.91 Å². The van der Waals surface area contributed by atoms with Crippen LogP contribution in [0.5, 0.6) is 11.5 Å². The van der Waals surface area contributed by atoms with Crippen molar-refractivity contribution >= 4 is 44.8 Å². The molecule has 1 aliphatic rings. The van der Waals surface area contributed by atoms with Gasteiger partial charge in [-0.2, -0.15) is 4.99 Å². The van der Waals surface area contributed by atoms with Gasteiger partial charge in [0, 0.05) is 4.47 Å². The van der Waals surface area contributed by atoms with Gasteiger partial charge in [-0.15, -0.1) is 0 Å². The summed E-state index contributed by atoms with van der Waals surface area (Å²) < 4.78 is 5.95. The molecule has 1 aromatic rings. The normalized spacial score (nSPS) is 16.8. The first kappa shape index (κ1) is 14.0. The highest BCUT2D eigenvalue weighted by Gasteiger charge is 2.20. The number of carbonyl (C=O) groups excluding carboxylic acids is 1. The minimum absolute atomic E-state index is 0.0389. The number of benzene rings is 1. The van der Waals surface area contributed by atoms with Crippen LogP contribution in [0.15, 0.2) is 26.5 Å². The van der Waals surface area contributed by atoms with Gasteiger partial charge >= 0.3 is 0 Å². The van der Waals surface area contributed by atoms with Crippen LogP contribution < -0.4 is 10.5 Å². The van der Waals surface area contributed by atoms with Crippen molar-refractivity contribution < 1.29 is 14.6 Å². The SMILES string of the molecule is CCOc1cc(/C=C2\SC(N)=NC2=O)c(Br)cc1O. The third-order valence-electron chi connectivity index (χ3n) is 2.30. The lowest BCUT2D eigenvalue weighted by Gasteiger charge is -2.08. The van der Waals surface area contributed by atoms with Crippen LogP contribution in [0, 0.1) is 0 Å². The van der Waals surface area contributed by atoms with E-state index < -0.39 is 0 Å². The lowest BCUT2D eigenvalue weighted by molar-refractivity contribution is -0.113. The Morgan fingerprint density at radius 2 is 2.32 bits per heavy atom. The van der Waals surface area contributed by atoms with E-state index in [9.17, 15) is 9.90 Å². The van der Waals surface area contributed by atoms with E-state index in [1.807, 2.05) is 6.92 Å². The molecule has 19 heavy (non-hydrogen) atoms. The molecule has 0 bridgehead atoms. The van der Waals surface area contributed by atoms with E-state index in [1.165, 1.54) is 6.07 Å². The van der Waals surface area contributed by atoms with Crippen molar-refractivity contribution in [2.24, 2.45) is 10.7 Å². The molecule has 5 nitrogen and oxygen atoms in total. The van der Waals surface area contributed by atoms with Crippen LogP contribution in [0.2, 0.25) is 0 Å². The van der Waals surface area contributed by atoms with Crippen molar-refractivity contribution in [2.45, 2.75) is 6.92 Å². The minimum Gasteiger partial charge on any atom is -0.504 e. The molecule has 1 aliphatic heterocycles. The smallest absolute Gasteiger partial charge is 0.286 e. The summed E-state index contributed by atoms with van der Waals surface area (Å²) in [5.41, 5.74) is 6.19. The van der Waals surface area contributed by atoms with E-state index in [-0.39, 0.29) is 16.8 Å². The number of amidine groups is 1. The molecule has 1 aromatic carbocycles. The number of ether oxygens (including phenoxy) is 1. The second-order valence-corrected chi connectivity index (χ2v) is 5.56. The van der Waals surface area contributed by atoms with Gasteiger partial charge in [0.1, 0.15) is 0 Å². The zero-order valence-electron chi connectivity index (χ0n) is 10.0. The number of hydrogen-bond acceptors (Lipinski definition) is 5. The number of aliphatic imine (C=N–C) groups is 1. The van der Waals surface area contributed by atoms with Crippen LogP contribution in [-0.4, -0.2) is 22.8 Å². The number of nitrogens with two attached hydrogens (primary N) is 1. The highest BCUT2D eigenvalue weighted by Crippen LogP contribution is 2.35. The first-order chi connectivity index (χ1) is 9.01. The Morgan fingerprint density at radius 1 is 1.58 bits per heavy atom. The van der Waals surface area contributed by atoms with Gasteiger partial charge in [-0.1, -0.05) is 15.9 Å². The molecular weight excluding hydrogens is 332 g/mol. The Kier molecular flexibility index (Phi) is 4.16. The topological polar surface area (TPSA) is 84.9 Å². The highest BCUT2D eigenvalue weighted by molar-refractivity contribution is 9.10. The molecule has 0 saturated heterocycles. The number of thioether (sulfide) groups is 1. The monoisotopic (exact) mass is 342 g/mol. The summed E-state index contributed by atoms with van der Waals surface area (Å²) in [6.07, 6.45) is 1.66. The molecule has 0 saturated carbocycles. The van der Waals surface area contributed by atoms with Gasteiger partial charge in [0.05, 0.1) is 11.5 Å². The number of halogens is 1. The van der Waals surface area contributed by atoms with Gasteiger partial charge in [-0.3, -0.25) is 4.79 Å². The summed E-state index contributed by atoms with van der Waals surface area (Å²) in [6, 6.07) is 3.17. The van der Waals surface area contributed by atoms with Gasteiger partial charge in [0.2, 0.25) is 0 Å². The molecule has 3 N–H and O–H groups in total. The number of nitrogens with zero attached hydrogens (tertiary/aromatic N) is 1. The second kappa shape index (κ2) is 5.66.